The second-order valence-electron chi connectivity index (χ2n) is 5.98. The smallest absolute Gasteiger partial charge is 0.257 e. The standard InChI is InChI=1S/C17H21N3O5/c1-10-18-16(25-19-10)13-8-20(7-11(13)9-21)17(22)12-5-4-6-14(23-2)15(12)24-3/h4-6,11,13,21H,7-9H2,1-3H3/t11-,13+/m0/s1. The van der Waals surface area contributed by atoms with E-state index < -0.39 is 0 Å². The van der Waals surface area contributed by atoms with E-state index in [9.17, 15) is 9.90 Å². The van der Waals surface area contributed by atoms with Crippen LogP contribution in [0, 0.1) is 12.8 Å². The average Bonchev–Trinajstić information content (AvgIpc) is 3.26. The van der Waals surface area contributed by atoms with Crippen LogP contribution < -0.4 is 9.47 Å². The highest BCUT2D eigenvalue weighted by Gasteiger charge is 2.40. The maximum absolute atomic E-state index is 13.0. The first kappa shape index (κ1) is 17.2. The van der Waals surface area contributed by atoms with Crippen LogP contribution in [0.1, 0.15) is 28.0 Å². The summed E-state index contributed by atoms with van der Waals surface area (Å²) in [6.45, 7) is 2.47. The van der Waals surface area contributed by atoms with E-state index in [1.807, 2.05) is 0 Å². The van der Waals surface area contributed by atoms with Crippen molar-refractivity contribution in [3.63, 3.8) is 0 Å². The van der Waals surface area contributed by atoms with Gasteiger partial charge in [0.05, 0.1) is 25.7 Å². The Balaban J connectivity index is 1.86. The Kier molecular flexibility index (Phi) is 4.89. The van der Waals surface area contributed by atoms with Crippen molar-refractivity contribution in [2.45, 2.75) is 12.8 Å². The minimum absolute atomic E-state index is 0.0644. The van der Waals surface area contributed by atoms with Crippen molar-refractivity contribution in [1.29, 1.82) is 0 Å². The molecule has 2 atom stereocenters. The summed E-state index contributed by atoms with van der Waals surface area (Å²) in [5, 5.41) is 13.5. The van der Waals surface area contributed by atoms with Crippen LogP contribution in [0.3, 0.4) is 0 Å². The molecule has 1 aliphatic heterocycles. The first-order chi connectivity index (χ1) is 12.1. The summed E-state index contributed by atoms with van der Waals surface area (Å²) in [6, 6.07) is 5.18. The zero-order chi connectivity index (χ0) is 18.0. The summed E-state index contributed by atoms with van der Waals surface area (Å²) in [7, 11) is 3.02. The number of ether oxygens (including phenoxy) is 2. The molecule has 0 unspecified atom stereocenters. The van der Waals surface area contributed by atoms with Gasteiger partial charge in [0.15, 0.2) is 17.3 Å². The molecule has 1 aliphatic rings. The molecule has 0 aliphatic carbocycles. The summed E-state index contributed by atoms with van der Waals surface area (Å²) in [4.78, 5) is 18.9. The number of hydrogen-bond acceptors (Lipinski definition) is 7. The monoisotopic (exact) mass is 347 g/mol. The van der Waals surface area contributed by atoms with E-state index >= 15 is 0 Å². The third kappa shape index (κ3) is 3.17. The van der Waals surface area contributed by atoms with E-state index in [1.54, 1.807) is 30.0 Å². The molecule has 3 rings (SSSR count). The molecular formula is C17H21N3O5. The fourth-order valence-electron chi connectivity index (χ4n) is 3.19. The highest BCUT2D eigenvalue weighted by Crippen LogP contribution is 2.36. The molecule has 1 amide bonds. The van der Waals surface area contributed by atoms with Crippen LogP contribution in [0.25, 0.3) is 0 Å². The van der Waals surface area contributed by atoms with E-state index in [0.717, 1.165) is 0 Å². The van der Waals surface area contributed by atoms with Crippen molar-refractivity contribution in [2.75, 3.05) is 33.9 Å². The zero-order valence-corrected chi connectivity index (χ0v) is 14.4. The lowest BCUT2D eigenvalue weighted by Gasteiger charge is -2.19. The number of aliphatic hydroxyl groups is 1. The Labute approximate surface area is 145 Å². The Bertz CT molecular complexity index is 760. The predicted octanol–water partition coefficient (Wildman–Crippen LogP) is 1.24. The minimum Gasteiger partial charge on any atom is -0.493 e. The van der Waals surface area contributed by atoms with Crippen molar-refractivity contribution in [3.05, 3.63) is 35.5 Å². The topological polar surface area (TPSA) is 97.9 Å². The fraction of sp³-hybridized carbons (Fsp3) is 0.471. The molecule has 0 saturated carbocycles. The van der Waals surface area contributed by atoms with E-state index in [1.165, 1.54) is 14.2 Å². The molecule has 1 saturated heterocycles. The van der Waals surface area contributed by atoms with Gasteiger partial charge in [-0.1, -0.05) is 11.2 Å². The molecular weight excluding hydrogens is 326 g/mol. The molecule has 25 heavy (non-hydrogen) atoms. The number of amides is 1. The van der Waals surface area contributed by atoms with Crippen LogP contribution in [0.15, 0.2) is 22.7 Å². The summed E-state index contributed by atoms with van der Waals surface area (Å²) in [5.74, 6) is 1.35. The highest BCUT2D eigenvalue weighted by molar-refractivity contribution is 5.98. The first-order valence-corrected chi connectivity index (χ1v) is 8.00. The Hall–Kier alpha value is -2.61. The number of para-hydroxylation sites is 1. The van der Waals surface area contributed by atoms with Gasteiger partial charge < -0.3 is 24.0 Å². The van der Waals surface area contributed by atoms with Crippen LogP contribution in [-0.4, -0.2) is 60.0 Å². The number of aryl methyl sites for hydroxylation is 1. The number of methoxy groups -OCH3 is 2. The molecule has 0 bridgehead atoms. The van der Waals surface area contributed by atoms with Gasteiger partial charge in [-0.2, -0.15) is 4.98 Å². The van der Waals surface area contributed by atoms with Crippen LogP contribution in [0.5, 0.6) is 11.5 Å². The van der Waals surface area contributed by atoms with Crippen molar-refractivity contribution in [3.8, 4) is 11.5 Å². The molecule has 0 spiro atoms. The number of likely N-dealkylation sites (tertiary alicyclic amines) is 1. The third-order valence-electron chi connectivity index (χ3n) is 4.46. The van der Waals surface area contributed by atoms with Gasteiger partial charge in [-0.25, -0.2) is 0 Å². The van der Waals surface area contributed by atoms with Crippen molar-refractivity contribution >= 4 is 5.91 Å². The van der Waals surface area contributed by atoms with Gasteiger partial charge in [0.1, 0.15) is 0 Å². The Morgan fingerprint density at radius 3 is 2.76 bits per heavy atom. The fourth-order valence-corrected chi connectivity index (χ4v) is 3.19. The number of carbonyl (C=O) groups excluding carboxylic acids is 1. The Morgan fingerprint density at radius 2 is 2.16 bits per heavy atom. The molecule has 8 nitrogen and oxygen atoms in total. The van der Waals surface area contributed by atoms with Crippen LogP contribution in [-0.2, 0) is 0 Å². The van der Waals surface area contributed by atoms with E-state index in [2.05, 4.69) is 10.1 Å². The molecule has 134 valence electrons. The number of hydrogen-bond donors (Lipinski definition) is 1. The van der Waals surface area contributed by atoms with Gasteiger partial charge in [0.25, 0.3) is 5.91 Å². The first-order valence-electron chi connectivity index (χ1n) is 8.00. The molecule has 1 N–H and O–H groups in total. The second-order valence-corrected chi connectivity index (χ2v) is 5.98. The van der Waals surface area contributed by atoms with Gasteiger partial charge in [-0.05, 0) is 19.1 Å². The minimum atomic E-state index is -0.188. The van der Waals surface area contributed by atoms with E-state index in [0.29, 0.717) is 41.9 Å². The molecule has 8 heteroatoms. The summed E-state index contributed by atoms with van der Waals surface area (Å²) in [5.41, 5.74) is 0.417. The third-order valence-corrected chi connectivity index (χ3v) is 4.46. The number of aliphatic hydroxyl groups excluding tert-OH is 1. The second kappa shape index (κ2) is 7.10. The Morgan fingerprint density at radius 1 is 1.36 bits per heavy atom. The van der Waals surface area contributed by atoms with Crippen molar-refractivity contribution in [2.24, 2.45) is 5.92 Å². The molecule has 1 fully saturated rings. The number of aromatic nitrogens is 2. The molecule has 2 heterocycles. The van der Waals surface area contributed by atoms with Gasteiger partial charge in [0.2, 0.25) is 5.89 Å². The summed E-state index contributed by atoms with van der Waals surface area (Å²) >= 11 is 0. The van der Waals surface area contributed by atoms with Gasteiger partial charge in [0, 0.05) is 25.6 Å². The molecule has 1 aromatic heterocycles. The molecule has 1 aromatic carbocycles. The van der Waals surface area contributed by atoms with Gasteiger partial charge >= 0.3 is 0 Å². The van der Waals surface area contributed by atoms with Crippen LogP contribution >= 0.6 is 0 Å². The van der Waals surface area contributed by atoms with Gasteiger partial charge in [-0.15, -0.1) is 0 Å². The maximum atomic E-state index is 13.0. The van der Waals surface area contributed by atoms with Gasteiger partial charge in [-0.3, -0.25) is 4.79 Å². The lowest BCUT2D eigenvalue weighted by atomic mass is 9.97. The number of nitrogens with zero attached hydrogens (tertiary/aromatic N) is 3. The summed E-state index contributed by atoms with van der Waals surface area (Å²) < 4.78 is 15.9. The average molecular weight is 347 g/mol. The van der Waals surface area contributed by atoms with Crippen LogP contribution in [0.2, 0.25) is 0 Å². The quantitative estimate of drug-likeness (QED) is 0.869. The summed E-state index contributed by atoms with van der Waals surface area (Å²) in [6.07, 6.45) is 0. The number of carbonyl (C=O) groups is 1. The van der Waals surface area contributed by atoms with Crippen LogP contribution in [0.4, 0.5) is 0 Å². The van der Waals surface area contributed by atoms with E-state index in [-0.39, 0.29) is 24.3 Å². The normalized spacial score (nSPS) is 19.9. The van der Waals surface area contributed by atoms with Crippen molar-refractivity contribution < 1.29 is 23.9 Å². The van der Waals surface area contributed by atoms with E-state index in [4.69, 9.17) is 14.0 Å². The molecule has 0 radical (unpaired) electrons. The SMILES string of the molecule is COc1cccc(C(=O)N2C[C@@H](CO)[C@H](c3nc(C)no3)C2)c1OC. The van der Waals surface area contributed by atoms with Crippen molar-refractivity contribution in [1.82, 2.24) is 15.0 Å². The maximum Gasteiger partial charge on any atom is 0.257 e. The highest BCUT2D eigenvalue weighted by atomic mass is 16.5. The zero-order valence-electron chi connectivity index (χ0n) is 14.4. The predicted molar refractivity (Wildman–Crippen MR) is 87.8 cm³/mol. The number of rotatable bonds is 5. The molecule has 2 aromatic rings. The largest absolute Gasteiger partial charge is 0.493 e. The lowest BCUT2D eigenvalue weighted by molar-refractivity contribution is 0.0777. The number of benzene rings is 1. The lowest BCUT2D eigenvalue weighted by Crippen LogP contribution is -2.29.